The number of allylic oxidation sites excluding steroid dienone is 7. The lowest BCUT2D eigenvalue weighted by Gasteiger charge is -2.22. The van der Waals surface area contributed by atoms with Crippen molar-refractivity contribution in [2.75, 3.05) is 6.61 Å². The smallest absolute Gasteiger partial charge is 0.0502 e. The molecule has 0 aromatic carbocycles. The van der Waals surface area contributed by atoms with Gasteiger partial charge >= 0.3 is 0 Å². The van der Waals surface area contributed by atoms with E-state index in [1.54, 1.807) is 0 Å². The minimum absolute atomic E-state index is 0.287. The van der Waals surface area contributed by atoms with Gasteiger partial charge in [0.05, 0.1) is 6.61 Å². The molecule has 0 aromatic heterocycles. The van der Waals surface area contributed by atoms with E-state index < -0.39 is 0 Å². The van der Waals surface area contributed by atoms with Gasteiger partial charge in [0, 0.05) is 5.92 Å². The van der Waals surface area contributed by atoms with Crippen LogP contribution < -0.4 is 0 Å². The molecule has 15 heavy (non-hydrogen) atoms. The van der Waals surface area contributed by atoms with Crippen LogP contribution in [0.2, 0.25) is 0 Å². The van der Waals surface area contributed by atoms with Gasteiger partial charge in [-0.1, -0.05) is 48.1 Å². The van der Waals surface area contributed by atoms with Crippen molar-refractivity contribution in [3.8, 4) is 0 Å². The maximum Gasteiger partial charge on any atom is 0.0502 e. The average molecular weight is 200 g/mol. The highest BCUT2D eigenvalue weighted by molar-refractivity contribution is 5.35. The van der Waals surface area contributed by atoms with Crippen LogP contribution in [0.4, 0.5) is 0 Å². The predicted octanol–water partition coefficient (Wildman–Crippen LogP) is 2.47. The van der Waals surface area contributed by atoms with Gasteiger partial charge in [-0.25, -0.2) is 0 Å². The minimum atomic E-state index is 0.287. The monoisotopic (exact) mass is 200 g/mol. The quantitative estimate of drug-likeness (QED) is 0.689. The lowest BCUT2D eigenvalue weighted by atomic mass is 9.82. The molecule has 1 heteroatoms. The van der Waals surface area contributed by atoms with Crippen molar-refractivity contribution >= 4 is 0 Å². The van der Waals surface area contributed by atoms with E-state index in [2.05, 4.69) is 42.5 Å². The molecule has 4 atom stereocenters. The summed E-state index contributed by atoms with van der Waals surface area (Å²) in [6, 6.07) is 0. The van der Waals surface area contributed by atoms with Crippen LogP contribution in [0.15, 0.2) is 48.1 Å². The second-order valence-electron chi connectivity index (χ2n) is 4.65. The Labute approximate surface area is 90.5 Å². The van der Waals surface area contributed by atoms with Gasteiger partial charge in [-0.15, -0.1) is 0 Å². The van der Waals surface area contributed by atoms with Crippen molar-refractivity contribution in [1.82, 2.24) is 0 Å². The molecule has 0 heterocycles. The highest BCUT2D eigenvalue weighted by Gasteiger charge is 2.44. The summed E-state index contributed by atoms with van der Waals surface area (Å²) >= 11 is 0. The number of hydrogen-bond acceptors (Lipinski definition) is 1. The van der Waals surface area contributed by atoms with Gasteiger partial charge in [-0.2, -0.15) is 0 Å². The van der Waals surface area contributed by atoms with Crippen molar-refractivity contribution in [3.63, 3.8) is 0 Å². The van der Waals surface area contributed by atoms with E-state index in [0.717, 1.165) is 6.42 Å². The topological polar surface area (TPSA) is 20.2 Å². The summed E-state index contributed by atoms with van der Waals surface area (Å²) in [6.45, 7) is 0.287. The molecular weight excluding hydrogens is 184 g/mol. The zero-order chi connectivity index (χ0) is 10.3. The minimum Gasteiger partial charge on any atom is -0.396 e. The third-order valence-electron chi connectivity index (χ3n) is 4.02. The van der Waals surface area contributed by atoms with E-state index in [0.29, 0.717) is 23.7 Å². The van der Waals surface area contributed by atoms with Crippen LogP contribution in [0.5, 0.6) is 0 Å². The normalized spacial score (nSPS) is 41.3. The molecule has 1 saturated carbocycles. The number of fused-ring (bicyclic) bond motifs is 3. The second-order valence-corrected chi connectivity index (χ2v) is 4.65. The van der Waals surface area contributed by atoms with Crippen LogP contribution in [0.1, 0.15) is 6.42 Å². The summed E-state index contributed by atoms with van der Waals surface area (Å²) in [6.07, 6.45) is 16.6. The molecule has 0 bridgehead atoms. The van der Waals surface area contributed by atoms with Gasteiger partial charge in [-0.05, 0) is 24.2 Å². The van der Waals surface area contributed by atoms with Gasteiger partial charge < -0.3 is 5.11 Å². The van der Waals surface area contributed by atoms with E-state index in [9.17, 15) is 5.11 Å². The van der Waals surface area contributed by atoms with Crippen LogP contribution in [-0.4, -0.2) is 11.7 Å². The first kappa shape index (κ1) is 9.17. The van der Waals surface area contributed by atoms with Gasteiger partial charge in [0.2, 0.25) is 0 Å². The Kier molecular flexibility index (Phi) is 2.14. The van der Waals surface area contributed by atoms with E-state index in [1.165, 1.54) is 5.57 Å². The fourth-order valence-corrected chi connectivity index (χ4v) is 3.34. The van der Waals surface area contributed by atoms with Crippen molar-refractivity contribution in [1.29, 1.82) is 0 Å². The average Bonchev–Trinajstić information content (AvgIpc) is 2.63. The molecule has 3 rings (SSSR count). The maximum absolute atomic E-state index is 9.52. The van der Waals surface area contributed by atoms with Gasteiger partial charge in [0.1, 0.15) is 0 Å². The summed E-state index contributed by atoms with van der Waals surface area (Å²) in [5.74, 6) is 2.13. The fourth-order valence-electron chi connectivity index (χ4n) is 3.34. The first-order chi connectivity index (χ1) is 7.42. The summed E-state index contributed by atoms with van der Waals surface area (Å²) < 4.78 is 0. The number of aliphatic hydroxyl groups excluding tert-OH is 1. The zero-order valence-corrected chi connectivity index (χ0v) is 8.71. The molecule has 0 spiro atoms. The summed E-state index contributed by atoms with van der Waals surface area (Å²) in [7, 11) is 0. The predicted molar refractivity (Wildman–Crippen MR) is 61.2 cm³/mol. The molecule has 1 fully saturated rings. The van der Waals surface area contributed by atoms with Crippen LogP contribution >= 0.6 is 0 Å². The van der Waals surface area contributed by atoms with Crippen LogP contribution in [-0.2, 0) is 0 Å². The van der Waals surface area contributed by atoms with E-state index in [1.807, 2.05) is 0 Å². The molecule has 4 unspecified atom stereocenters. The number of rotatable bonds is 1. The van der Waals surface area contributed by atoms with E-state index in [-0.39, 0.29) is 6.61 Å². The molecule has 0 saturated heterocycles. The SMILES string of the molecule is OCC1C2=CC=CCC2C2C=CC=CC12. The first-order valence-electron chi connectivity index (χ1n) is 5.74. The number of aliphatic hydroxyl groups is 1. The van der Waals surface area contributed by atoms with E-state index in [4.69, 9.17) is 0 Å². The Bertz CT molecular complexity index is 358. The standard InChI is InChI=1S/C14H16O/c15-9-14-12-7-3-1-5-10(12)11-6-2-4-8-13(11)14/h1-5,7-8,10-12,14-15H,6,9H2. The molecule has 3 aliphatic carbocycles. The molecule has 0 amide bonds. The molecule has 1 nitrogen and oxygen atoms in total. The lowest BCUT2D eigenvalue weighted by Crippen LogP contribution is -2.17. The van der Waals surface area contributed by atoms with Gasteiger partial charge in [0.25, 0.3) is 0 Å². The molecule has 3 aliphatic rings. The second kappa shape index (κ2) is 3.49. The molecule has 0 aromatic rings. The Morgan fingerprint density at radius 3 is 2.73 bits per heavy atom. The van der Waals surface area contributed by atoms with Crippen molar-refractivity contribution in [3.05, 3.63) is 48.1 Å². The van der Waals surface area contributed by atoms with Crippen molar-refractivity contribution < 1.29 is 5.11 Å². The van der Waals surface area contributed by atoms with Crippen LogP contribution in [0.3, 0.4) is 0 Å². The summed E-state index contributed by atoms with van der Waals surface area (Å²) in [5, 5.41) is 9.52. The van der Waals surface area contributed by atoms with Gasteiger partial charge in [0.15, 0.2) is 0 Å². The molecule has 78 valence electrons. The summed E-state index contributed by atoms with van der Waals surface area (Å²) in [5.41, 5.74) is 1.46. The maximum atomic E-state index is 9.52. The molecule has 0 aliphatic heterocycles. The summed E-state index contributed by atoms with van der Waals surface area (Å²) in [4.78, 5) is 0. The Morgan fingerprint density at radius 1 is 1.13 bits per heavy atom. The van der Waals surface area contributed by atoms with Crippen molar-refractivity contribution in [2.45, 2.75) is 6.42 Å². The van der Waals surface area contributed by atoms with Crippen LogP contribution in [0, 0.1) is 23.7 Å². The van der Waals surface area contributed by atoms with Gasteiger partial charge in [-0.3, -0.25) is 0 Å². The van der Waals surface area contributed by atoms with Crippen LogP contribution in [0.25, 0.3) is 0 Å². The highest BCUT2D eigenvalue weighted by atomic mass is 16.3. The number of hydrogen-bond donors (Lipinski definition) is 1. The third-order valence-corrected chi connectivity index (χ3v) is 4.02. The lowest BCUT2D eigenvalue weighted by molar-refractivity contribution is 0.222. The largest absolute Gasteiger partial charge is 0.396 e. The Balaban J connectivity index is 2.01. The Hall–Kier alpha value is -1.08. The molecular formula is C14H16O. The molecule has 0 radical (unpaired) electrons. The molecule has 1 N–H and O–H groups in total. The Morgan fingerprint density at radius 2 is 1.93 bits per heavy atom. The first-order valence-corrected chi connectivity index (χ1v) is 5.74. The fraction of sp³-hybridized carbons (Fsp3) is 0.429. The van der Waals surface area contributed by atoms with Crippen molar-refractivity contribution in [2.24, 2.45) is 23.7 Å². The third kappa shape index (κ3) is 1.26. The highest BCUT2D eigenvalue weighted by Crippen LogP contribution is 2.50. The zero-order valence-electron chi connectivity index (χ0n) is 8.71. The van der Waals surface area contributed by atoms with E-state index >= 15 is 0 Å².